The Bertz CT molecular complexity index is 549. The van der Waals surface area contributed by atoms with Crippen LogP contribution in [0.2, 0.25) is 0 Å². The zero-order chi connectivity index (χ0) is 18.1. The van der Waals surface area contributed by atoms with Crippen LogP contribution in [0.4, 0.5) is 5.69 Å². The van der Waals surface area contributed by atoms with E-state index < -0.39 is 0 Å². The highest BCUT2D eigenvalue weighted by Gasteiger charge is 2.17. The van der Waals surface area contributed by atoms with Gasteiger partial charge in [-0.05, 0) is 56.7 Å². The lowest BCUT2D eigenvalue weighted by Gasteiger charge is -2.18. The molecule has 1 aliphatic heterocycles. The van der Waals surface area contributed by atoms with Gasteiger partial charge in [-0.25, -0.2) is 0 Å². The van der Waals surface area contributed by atoms with Gasteiger partial charge in [-0.1, -0.05) is 13.8 Å². The van der Waals surface area contributed by atoms with Gasteiger partial charge in [0.05, 0.1) is 0 Å². The summed E-state index contributed by atoms with van der Waals surface area (Å²) in [6.45, 7) is 8.67. The van der Waals surface area contributed by atoms with Crippen molar-refractivity contribution in [1.29, 1.82) is 0 Å². The van der Waals surface area contributed by atoms with Gasteiger partial charge in [-0.2, -0.15) is 0 Å². The molecule has 0 bridgehead atoms. The molecule has 1 aliphatic rings. The van der Waals surface area contributed by atoms with Crippen molar-refractivity contribution in [2.24, 2.45) is 0 Å². The van der Waals surface area contributed by atoms with Crippen molar-refractivity contribution < 1.29 is 9.59 Å². The molecular weight excluding hydrogens is 316 g/mol. The van der Waals surface area contributed by atoms with Crippen LogP contribution in [0.15, 0.2) is 24.3 Å². The van der Waals surface area contributed by atoms with Crippen LogP contribution in [0.25, 0.3) is 0 Å². The van der Waals surface area contributed by atoms with Crippen LogP contribution in [-0.2, 0) is 4.79 Å². The van der Waals surface area contributed by atoms with Crippen LogP contribution in [0.1, 0.15) is 43.5 Å². The number of benzene rings is 1. The number of anilines is 1. The molecule has 1 fully saturated rings. The second-order valence-corrected chi connectivity index (χ2v) is 6.41. The molecule has 0 aromatic heterocycles. The number of nitrogens with zero attached hydrogens (tertiary/aromatic N) is 1. The van der Waals surface area contributed by atoms with Crippen LogP contribution in [-0.4, -0.2) is 55.5 Å². The van der Waals surface area contributed by atoms with E-state index in [1.54, 1.807) is 24.3 Å². The first kappa shape index (κ1) is 19.4. The smallest absolute Gasteiger partial charge is 0.251 e. The number of likely N-dealkylation sites (N-methyl/N-ethyl adjacent to an activating group) is 1. The zero-order valence-electron chi connectivity index (χ0n) is 15.3. The summed E-state index contributed by atoms with van der Waals surface area (Å²) in [6.07, 6.45) is 2.68. The molecule has 1 atom stereocenters. The van der Waals surface area contributed by atoms with Crippen molar-refractivity contribution in [2.45, 2.75) is 39.2 Å². The number of rotatable bonds is 9. The van der Waals surface area contributed by atoms with Crippen LogP contribution >= 0.6 is 0 Å². The van der Waals surface area contributed by atoms with Gasteiger partial charge >= 0.3 is 0 Å². The predicted octanol–water partition coefficient (Wildman–Crippen LogP) is 1.84. The standard InChI is InChI=1S/C19H30N4O2/c1-3-23(4-2)13-12-21-19(25)15-7-9-16(10-8-15)22-18(24)14-17-6-5-11-20-17/h7-10,17,20H,3-6,11-14H2,1-2H3,(H,21,25)(H,22,24). The Morgan fingerprint density at radius 1 is 1.20 bits per heavy atom. The topological polar surface area (TPSA) is 73.5 Å². The minimum absolute atomic E-state index is 0.0100. The van der Waals surface area contributed by atoms with Crippen LogP contribution < -0.4 is 16.0 Å². The summed E-state index contributed by atoms with van der Waals surface area (Å²) in [5.74, 6) is -0.0731. The first-order valence-electron chi connectivity index (χ1n) is 9.26. The Labute approximate surface area is 150 Å². The number of carbonyl (C=O) groups is 2. The average molecular weight is 346 g/mol. The van der Waals surface area contributed by atoms with E-state index in [2.05, 4.69) is 34.7 Å². The van der Waals surface area contributed by atoms with Crippen molar-refractivity contribution >= 4 is 17.5 Å². The van der Waals surface area contributed by atoms with Gasteiger partial charge in [0.1, 0.15) is 0 Å². The highest BCUT2D eigenvalue weighted by molar-refractivity contribution is 5.95. The summed E-state index contributed by atoms with van der Waals surface area (Å²) in [6, 6.07) is 7.33. The van der Waals surface area contributed by atoms with E-state index >= 15 is 0 Å². The fraction of sp³-hybridized carbons (Fsp3) is 0.579. The lowest BCUT2D eigenvalue weighted by Crippen LogP contribution is -2.34. The second-order valence-electron chi connectivity index (χ2n) is 6.41. The van der Waals surface area contributed by atoms with Crippen LogP contribution in [0.5, 0.6) is 0 Å². The summed E-state index contributed by atoms with van der Waals surface area (Å²) >= 11 is 0. The second kappa shape index (κ2) is 10.2. The fourth-order valence-corrected chi connectivity index (χ4v) is 3.04. The minimum atomic E-state index is -0.0832. The summed E-state index contributed by atoms with van der Waals surface area (Å²) < 4.78 is 0. The third kappa shape index (κ3) is 6.48. The maximum Gasteiger partial charge on any atom is 0.251 e. The van der Waals surface area contributed by atoms with Gasteiger partial charge < -0.3 is 20.9 Å². The van der Waals surface area contributed by atoms with Gasteiger partial charge in [0.25, 0.3) is 5.91 Å². The molecule has 1 heterocycles. The number of nitrogens with one attached hydrogen (secondary N) is 3. The molecule has 1 aromatic carbocycles. The minimum Gasteiger partial charge on any atom is -0.351 e. The first-order chi connectivity index (χ1) is 12.1. The molecule has 1 aromatic rings. The number of hydrogen-bond donors (Lipinski definition) is 3. The van der Waals surface area contributed by atoms with Gasteiger partial charge in [0.15, 0.2) is 0 Å². The molecule has 2 rings (SSSR count). The fourth-order valence-electron chi connectivity index (χ4n) is 3.04. The summed E-state index contributed by atoms with van der Waals surface area (Å²) in [7, 11) is 0. The summed E-state index contributed by atoms with van der Waals surface area (Å²) in [5.41, 5.74) is 1.33. The molecule has 3 N–H and O–H groups in total. The third-order valence-corrected chi connectivity index (χ3v) is 4.63. The van der Waals surface area contributed by atoms with E-state index in [0.29, 0.717) is 18.5 Å². The number of hydrogen-bond acceptors (Lipinski definition) is 4. The van der Waals surface area contributed by atoms with E-state index in [1.807, 2.05) is 0 Å². The molecule has 25 heavy (non-hydrogen) atoms. The maximum atomic E-state index is 12.1. The van der Waals surface area contributed by atoms with Crippen LogP contribution in [0.3, 0.4) is 0 Å². The SMILES string of the molecule is CCN(CC)CCNC(=O)c1ccc(NC(=O)CC2CCCN2)cc1. The van der Waals surface area contributed by atoms with E-state index in [-0.39, 0.29) is 17.9 Å². The van der Waals surface area contributed by atoms with Gasteiger partial charge in [0, 0.05) is 36.8 Å². The van der Waals surface area contributed by atoms with Crippen molar-refractivity contribution in [1.82, 2.24) is 15.5 Å². The van der Waals surface area contributed by atoms with Gasteiger partial charge in [-0.3, -0.25) is 9.59 Å². The third-order valence-electron chi connectivity index (χ3n) is 4.63. The Morgan fingerprint density at radius 2 is 1.92 bits per heavy atom. The molecule has 0 radical (unpaired) electrons. The van der Waals surface area contributed by atoms with E-state index in [0.717, 1.165) is 44.7 Å². The lowest BCUT2D eigenvalue weighted by atomic mass is 10.1. The molecule has 6 heteroatoms. The lowest BCUT2D eigenvalue weighted by molar-refractivity contribution is -0.116. The number of amides is 2. The molecule has 138 valence electrons. The Hall–Kier alpha value is -1.92. The highest BCUT2D eigenvalue weighted by Crippen LogP contribution is 2.13. The van der Waals surface area contributed by atoms with Crippen molar-refractivity contribution in [2.75, 3.05) is 38.0 Å². The Kier molecular flexibility index (Phi) is 7.88. The molecule has 0 spiro atoms. The normalized spacial score (nSPS) is 16.8. The average Bonchev–Trinajstić information content (AvgIpc) is 3.12. The number of carbonyl (C=O) groups excluding carboxylic acids is 2. The van der Waals surface area contributed by atoms with E-state index in [1.165, 1.54) is 0 Å². The summed E-state index contributed by atoms with van der Waals surface area (Å²) in [5, 5.41) is 9.14. The van der Waals surface area contributed by atoms with Gasteiger partial charge in [0.2, 0.25) is 5.91 Å². The van der Waals surface area contributed by atoms with E-state index in [4.69, 9.17) is 0 Å². The molecule has 1 unspecified atom stereocenters. The largest absolute Gasteiger partial charge is 0.351 e. The Balaban J connectivity index is 1.76. The molecule has 0 aliphatic carbocycles. The molecule has 0 saturated carbocycles. The van der Waals surface area contributed by atoms with Crippen molar-refractivity contribution in [3.05, 3.63) is 29.8 Å². The zero-order valence-corrected chi connectivity index (χ0v) is 15.3. The molecule has 1 saturated heterocycles. The van der Waals surface area contributed by atoms with Gasteiger partial charge in [-0.15, -0.1) is 0 Å². The molecule has 2 amide bonds. The molecule has 6 nitrogen and oxygen atoms in total. The quantitative estimate of drug-likeness (QED) is 0.638. The first-order valence-corrected chi connectivity index (χ1v) is 9.26. The predicted molar refractivity (Wildman–Crippen MR) is 101 cm³/mol. The monoisotopic (exact) mass is 346 g/mol. The van der Waals surface area contributed by atoms with Crippen LogP contribution in [0, 0.1) is 0 Å². The van der Waals surface area contributed by atoms with Crippen molar-refractivity contribution in [3.63, 3.8) is 0 Å². The molecular formula is C19H30N4O2. The van der Waals surface area contributed by atoms with E-state index in [9.17, 15) is 9.59 Å². The van der Waals surface area contributed by atoms with Crippen molar-refractivity contribution in [3.8, 4) is 0 Å². The Morgan fingerprint density at radius 3 is 2.52 bits per heavy atom. The maximum absolute atomic E-state index is 12.1. The summed E-state index contributed by atoms with van der Waals surface area (Å²) in [4.78, 5) is 26.4. The highest BCUT2D eigenvalue weighted by atomic mass is 16.2.